The van der Waals surface area contributed by atoms with Crippen molar-refractivity contribution in [3.8, 4) is 0 Å². The van der Waals surface area contributed by atoms with Crippen molar-refractivity contribution >= 4 is 27.5 Å². The molecule has 1 atom stereocenters. The van der Waals surface area contributed by atoms with Gasteiger partial charge in [-0.25, -0.2) is 12.8 Å². The summed E-state index contributed by atoms with van der Waals surface area (Å²) in [5.41, 5.74) is 1.21. The molecule has 0 aromatic heterocycles. The molecule has 0 aliphatic heterocycles. The van der Waals surface area contributed by atoms with Gasteiger partial charge in [-0.1, -0.05) is 54.6 Å². The molecular formula is C28H32FN3O4S. The lowest BCUT2D eigenvalue weighted by atomic mass is 10.1. The van der Waals surface area contributed by atoms with Crippen LogP contribution in [0.25, 0.3) is 0 Å². The molecule has 0 spiro atoms. The highest BCUT2D eigenvalue weighted by molar-refractivity contribution is 7.92. The first-order chi connectivity index (χ1) is 17.5. The van der Waals surface area contributed by atoms with Crippen LogP contribution in [0.4, 0.5) is 10.1 Å². The molecule has 0 heterocycles. The average molecular weight is 526 g/mol. The second-order valence-corrected chi connectivity index (χ2v) is 10.9. The topological polar surface area (TPSA) is 86.8 Å². The number of hydrogen-bond acceptors (Lipinski definition) is 4. The largest absolute Gasteiger partial charge is 0.352 e. The van der Waals surface area contributed by atoms with Gasteiger partial charge in [-0.3, -0.25) is 13.9 Å². The van der Waals surface area contributed by atoms with E-state index in [9.17, 15) is 22.4 Å². The molecule has 1 N–H and O–H groups in total. The van der Waals surface area contributed by atoms with Crippen LogP contribution < -0.4 is 9.62 Å². The Morgan fingerprint density at radius 3 is 2.11 bits per heavy atom. The van der Waals surface area contributed by atoms with Gasteiger partial charge >= 0.3 is 0 Å². The summed E-state index contributed by atoms with van der Waals surface area (Å²) in [7, 11) is -4.14. The minimum atomic E-state index is -4.14. The number of amides is 2. The second-order valence-electron chi connectivity index (χ2n) is 9.06. The summed E-state index contributed by atoms with van der Waals surface area (Å²) in [6.07, 6.45) is 0. The van der Waals surface area contributed by atoms with Gasteiger partial charge in [0.2, 0.25) is 11.8 Å². The van der Waals surface area contributed by atoms with Crippen LogP contribution in [0.15, 0.2) is 83.8 Å². The van der Waals surface area contributed by atoms with E-state index in [0.29, 0.717) is 11.3 Å². The fourth-order valence-electron chi connectivity index (χ4n) is 3.87. The number of halogens is 1. The van der Waals surface area contributed by atoms with Crippen LogP contribution in [-0.2, 0) is 26.2 Å². The molecule has 0 aliphatic rings. The molecule has 196 valence electrons. The SMILES string of the molecule is Cc1ccccc1N(CC(=O)N(Cc1ccccc1F)C(C)C(=O)NC(C)C)S(=O)(=O)c1ccccc1. The van der Waals surface area contributed by atoms with Crippen molar-refractivity contribution in [2.45, 2.75) is 51.2 Å². The third kappa shape index (κ3) is 6.74. The smallest absolute Gasteiger partial charge is 0.264 e. The second kappa shape index (κ2) is 12.0. The van der Waals surface area contributed by atoms with Crippen LogP contribution in [0, 0.1) is 12.7 Å². The van der Waals surface area contributed by atoms with Crippen molar-refractivity contribution in [2.24, 2.45) is 0 Å². The maximum Gasteiger partial charge on any atom is 0.264 e. The Morgan fingerprint density at radius 1 is 0.892 bits per heavy atom. The Morgan fingerprint density at radius 2 is 1.49 bits per heavy atom. The maximum absolute atomic E-state index is 14.5. The lowest BCUT2D eigenvalue weighted by Crippen LogP contribution is -2.52. The van der Waals surface area contributed by atoms with E-state index in [1.807, 2.05) is 0 Å². The summed E-state index contributed by atoms with van der Waals surface area (Å²) in [6, 6.07) is 19.5. The molecule has 3 aromatic carbocycles. The van der Waals surface area contributed by atoms with Gasteiger partial charge in [0.15, 0.2) is 0 Å². The Bertz CT molecular complexity index is 1350. The van der Waals surface area contributed by atoms with E-state index in [0.717, 1.165) is 4.31 Å². The van der Waals surface area contributed by atoms with Gasteiger partial charge in [0, 0.05) is 18.2 Å². The zero-order valence-electron chi connectivity index (χ0n) is 21.4. The minimum Gasteiger partial charge on any atom is -0.352 e. The van der Waals surface area contributed by atoms with Crippen molar-refractivity contribution in [1.82, 2.24) is 10.2 Å². The summed E-state index contributed by atoms with van der Waals surface area (Å²) in [6.45, 7) is 6.10. The number of anilines is 1. The quantitative estimate of drug-likeness (QED) is 0.428. The Hall–Kier alpha value is -3.72. The highest BCUT2D eigenvalue weighted by Gasteiger charge is 2.33. The lowest BCUT2D eigenvalue weighted by Gasteiger charge is -2.32. The Balaban J connectivity index is 2.04. The van der Waals surface area contributed by atoms with Crippen LogP contribution in [-0.4, -0.2) is 43.8 Å². The molecular weight excluding hydrogens is 493 g/mol. The molecule has 0 saturated carbocycles. The number of carbonyl (C=O) groups excluding carboxylic acids is 2. The number of rotatable bonds is 10. The summed E-state index contributed by atoms with van der Waals surface area (Å²) >= 11 is 0. The van der Waals surface area contributed by atoms with Crippen molar-refractivity contribution in [3.05, 3.63) is 95.8 Å². The zero-order valence-corrected chi connectivity index (χ0v) is 22.2. The highest BCUT2D eigenvalue weighted by Crippen LogP contribution is 2.27. The number of nitrogens with one attached hydrogen (secondary N) is 1. The molecule has 37 heavy (non-hydrogen) atoms. The van der Waals surface area contributed by atoms with Gasteiger partial charge in [-0.15, -0.1) is 0 Å². The third-order valence-electron chi connectivity index (χ3n) is 5.89. The van der Waals surface area contributed by atoms with Crippen LogP contribution in [0.2, 0.25) is 0 Å². The molecule has 0 fully saturated rings. The van der Waals surface area contributed by atoms with Crippen molar-refractivity contribution in [2.75, 3.05) is 10.8 Å². The predicted octanol–water partition coefficient (Wildman–Crippen LogP) is 4.27. The summed E-state index contributed by atoms with van der Waals surface area (Å²) in [5.74, 6) is -1.59. The summed E-state index contributed by atoms with van der Waals surface area (Å²) in [5, 5.41) is 2.77. The van der Waals surface area contributed by atoms with Crippen LogP contribution in [0.5, 0.6) is 0 Å². The highest BCUT2D eigenvalue weighted by atomic mass is 32.2. The Kier molecular flexibility index (Phi) is 9.04. The lowest BCUT2D eigenvalue weighted by molar-refractivity contribution is -0.139. The number of hydrogen-bond donors (Lipinski definition) is 1. The number of nitrogens with zero attached hydrogens (tertiary/aromatic N) is 2. The van der Waals surface area contributed by atoms with Crippen molar-refractivity contribution in [3.63, 3.8) is 0 Å². The van der Waals surface area contributed by atoms with Gasteiger partial charge in [0.1, 0.15) is 18.4 Å². The predicted molar refractivity (Wildman–Crippen MR) is 142 cm³/mol. The monoisotopic (exact) mass is 525 g/mol. The van der Waals surface area contributed by atoms with Crippen molar-refractivity contribution in [1.29, 1.82) is 0 Å². The van der Waals surface area contributed by atoms with E-state index in [4.69, 9.17) is 0 Å². The molecule has 3 aromatic rings. The number of benzene rings is 3. The molecule has 1 unspecified atom stereocenters. The standard InChI is InChI=1S/C28H32FN3O4S/c1-20(2)30-28(34)22(4)31(18-23-13-9-10-16-25(23)29)27(33)19-32(26-17-11-8-12-21(26)3)37(35,36)24-14-6-5-7-15-24/h5-17,20,22H,18-19H2,1-4H3,(H,30,34). The first-order valence-corrected chi connectivity index (χ1v) is 13.4. The normalized spacial score (nSPS) is 12.2. The molecule has 7 nitrogen and oxygen atoms in total. The number of para-hydroxylation sites is 1. The Labute approximate surface area is 218 Å². The van der Waals surface area contributed by atoms with Gasteiger partial charge < -0.3 is 10.2 Å². The van der Waals surface area contributed by atoms with Crippen LogP contribution >= 0.6 is 0 Å². The summed E-state index contributed by atoms with van der Waals surface area (Å²) in [4.78, 5) is 27.9. The van der Waals surface area contributed by atoms with E-state index in [2.05, 4.69) is 5.32 Å². The van der Waals surface area contributed by atoms with Crippen molar-refractivity contribution < 1.29 is 22.4 Å². The van der Waals surface area contributed by atoms with Crippen LogP contribution in [0.3, 0.4) is 0 Å². The number of sulfonamides is 1. The van der Waals surface area contributed by atoms with Gasteiger partial charge in [-0.2, -0.15) is 0 Å². The molecule has 0 radical (unpaired) electrons. The van der Waals surface area contributed by atoms with Gasteiger partial charge in [-0.05, 0) is 57.5 Å². The average Bonchev–Trinajstić information content (AvgIpc) is 2.87. The zero-order chi connectivity index (χ0) is 27.2. The number of carbonyl (C=O) groups is 2. The van der Waals surface area contributed by atoms with Gasteiger partial charge in [0.25, 0.3) is 10.0 Å². The fourth-order valence-corrected chi connectivity index (χ4v) is 5.37. The van der Waals surface area contributed by atoms with E-state index in [1.165, 1.54) is 35.2 Å². The van der Waals surface area contributed by atoms with E-state index < -0.39 is 40.2 Å². The van der Waals surface area contributed by atoms with E-state index >= 15 is 0 Å². The first-order valence-electron chi connectivity index (χ1n) is 12.0. The van der Waals surface area contributed by atoms with Gasteiger partial charge in [0.05, 0.1) is 10.6 Å². The maximum atomic E-state index is 14.5. The summed E-state index contributed by atoms with van der Waals surface area (Å²) < 4.78 is 43.0. The first kappa shape index (κ1) is 27.9. The molecule has 0 bridgehead atoms. The molecule has 0 aliphatic carbocycles. The number of aryl methyl sites for hydroxylation is 1. The molecule has 2 amide bonds. The minimum absolute atomic E-state index is 0.0253. The molecule has 9 heteroatoms. The fraction of sp³-hybridized carbons (Fsp3) is 0.286. The van der Waals surface area contributed by atoms with Crippen LogP contribution in [0.1, 0.15) is 31.9 Å². The third-order valence-corrected chi connectivity index (χ3v) is 7.66. The van der Waals surface area contributed by atoms with E-state index in [1.54, 1.807) is 76.2 Å². The molecule has 0 saturated heterocycles. The van der Waals surface area contributed by atoms with E-state index in [-0.39, 0.29) is 23.0 Å². The molecule has 3 rings (SSSR count).